The highest BCUT2D eigenvalue weighted by atomic mass is 19.3. The van der Waals surface area contributed by atoms with Crippen molar-refractivity contribution in [1.82, 2.24) is 0 Å². The van der Waals surface area contributed by atoms with Gasteiger partial charge in [-0.1, -0.05) is 66.2 Å². The minimum atomic E-state index is -2.82. The molecule has 0 aromatic carbocycles. The third kappa shape index (κ3) is 16.5. The lowest BCUT2D eigenvalue weighted by atomic mass is 9.89. The van der Waals surface area contributed by atoms with Crippen molar-refractivity contribution < 1.29 is 18.3 Å². The fourth-order valence-electron chi connectivity index (χ4n) is 2.73. The topological polar surface area (TPSA) is 26.3 Å². The number of carbonyl (C=O) groups is 1. The maximum Gasteiger partial charge on any atom is 0.306 e. The fraction of sp³-hybridized carbons (Fsp3) is 0.864. The van der Waals surface area contributed by atoms with E-state index in [1.807, 2.05) is 6.92 Å². The predicted molar refractivity (Wildman–Crippen MR) is 106 cm³/mol. The highest BCUT2D eigenvalue weighted by Gasteiger charge is 2.24. The molecule has 0 amide bonds. The van der Waals surface area contributed by atoms with Gasteiger partial charge in [-0.2, -0.15) is 0 Å². The van der Waals surface area contributed by atoms with Crippen molar-refractivity contribution in [2.24, 2.45) is 5.41 Å². The molecule has 0 N–H and O–H groups in total. The van der Waals surface area contributed by atoms with Gasteiger partial charge >= 0.3 is 5.97 Å². The van der Waals surface area contributed by atoms with E-state index in [-0.39, 0.29) is 12.4 Å². The number of esters is 1. The molecule has 0 aliphatic heterocycles. The number of hydrogen-bond acceptors (Lipinski definition) is 2. The van der Waals surface area contributed by atoms with Crippen LogP contribution in [-0.4, -0.2) is 18.0 Å². The van der Waals surface area contributed by atoms with Gasteiger partial charge < -0.3 is 4.74 Å². The van der Waals surface area contributed by atoms with Crippen molar-refractivity contribution in [2.75, 3.05) is 0 Å². The lowest BCUT2D eigenvalue weighted by Crippen LogP contribution is -2.16. The number of unbranched alkanes of at least 4 members (excludes halogenated alkanes) is 6. The van der Waals surface area contributed by atoms with Gasteiger partial charge in [-0.15, -0.1) is 0 Å². The van der Waals surface area contributed by atoms with Gasteiger partial charge in [0.25, 0.3) is 5.92 Å². The number of hydrogen-bond donors (Lipinski definition) is 0. The van der Waals surface area contributed by atoms with Gasteiger partial charge in [-0.3, -0.25) is 4.79 Å². The Labute approximate surface area is 159 Å². The molecular formula is C22H40F2O2. The molecule has 2 nitrogen and oxygen atoms in total. The summed E-state index contributed by atoms with van der Waals surface area (Å²) in [4.78, 5) is 11.8. The summed E-state index contributed by atoms with van der Waals surface area (Å²) < 4.78 is 32.5. The molecule has 0 aliphatic rings. The summed E-state index contributed by atoms with van der Waals surface area (Å²) in [5.74, 6) is -3.12. The van der Waals surface area contributed by atoms with E-state index in [2.05, 4.69) is 20.8 Å². The van der Waals surface area contributed by atoms with Gasteiger partial charge in [0.15, 0.2) is 0 Å². The van der Waals surface area contributed by atoms with E-state index in [4.69, 9.17) is 4.74 Å². The number of rotatable bonds is 14. The number of allylic oxidation sites excluding steroid dienone is 1. The van der Waals surface area contributed by atoms with Crippen LogP contribution in [0.1, 0.15) is 105 Å². The van der Waals surface area contributed by atoms with Crippen LogP contribution in [-0.2, 0) is 9.53 Å². The lowest BCUT2D eigenvalue weighted by Gasteiger charge is -2.17. The Bertz CT molecular complexity index is 397. The first-order valence-corrected chi connectivity index (χ1v) is 10.3. The summed E-state index contributed by atoms with van der Waals surface area (Å²) >= 11 is 0. The average Bonchev–Trinajstić information content (AvgIpc) is 2.51. The van der Waals surface area contributed by atoms with Crippen molar-refractivity contribution in [1.29, 1.82) is 0 Å². The summed E-state index contributed by atoms with van der Waals surface area (Å²) in [6.07, 6.45) is 10.6. The molecule has 4 heteroatoms. The van der Waals surface area contributed by atoms with E-state index in [1.165, 1.54) is 25.3 Å². The zero-order valence-corrected chi connectivity index (χ0v) is 17.6. The highest BCUT2D eigenvalue weighted by molar-refractivity contribution is 5.69. The summed E-state index contributed by atoms with van der Waals surface area (Å²) in [7, 11) is 0. The zero-order valence-electron chi connectivity index (χ0n) is 17.6. The molecule has 0 saturated carbocycles. The first kappa shape index (κ1) is 25.1. The van der Waals surface area contributed by atoms with E-state index in [1.54, 1.807) is 6.92 Å². The highest BCUT2D eigenvalue weighted by Crippen LogP contribution is 2.24. The number of carbonyl (C=O) groups excluding carboxylic acids is 1. The van der Waals surface area contributed by atoms with Crippen LogP contribution in [0.3, 0.4) is 0 Å². The second-order valence-corrected chi connectivity index (χ2v) is 8.60. The molecule has 0 heterocycles. The molecule has 154 valence electrons. The Balaban J connectivity index is 3.83. The Morgan fingerprint density at radius 1 is 0.962 bits per heavy atom. The molecule has 0 spiro atoms. The van der Waals surface area contributed by atoms with Crippen LogP contribution in [0.4, 0.5) is 8.78 Å². The third-order valence-corrected chi connectivity index (χ3v) is 4.35. The first-order valence-electron chi connectivity index (χ1n) is 10.3. The van der Waals surface area contributed by atoms with Crippen LogP contribution in [0.5, 0.6) is 0 Å². The Kier molecular flexibility index (Phi) is 12.8. The summed E-state index contributed by atoms with van der Waals surface area (Å²) in [5.41, 5.74) is 0.389. The molecular weight excluding hydrogens is 334 g/mol. The van der Waals surface area contributed by atoms with Crippen LogP contribution in [0, 0.1) is 5.41 Å². The van der Waals surface area contributed by atoms with E-state index >= 15 is 0 Å². The number of alkyl halides is 2. The minimum Gasteiger partial charge on any atom is -0.458 e. The van der Waals surface area contributed by atoms with Crippen LogP contribution in [0.25, 0.3) is 0 Å². The summed E-state index contributed by atoms with van der Waals surface area (Å²) in [6.45, 7) is 10.4. The number of ether oxygens (including phenoxy) is 1. The van der Waals surface area contributed by atoms with Gasteiger partial charge in [0.05, 0.1) is 0 Å². The SMILES string of the molecule is CCCCCC(F)(F)/C=C\C(C)OC(=O)CCCCCCCC(C)(C)C. The van der Waals surface area contributed by atoms with E-state index in [0.29, 0.717) is 18.3 Å². The normalized spacial score (nSPS) is 14.0. The molecule has 0 aromatic rings. The quantitative estimate of drug-likeness (QED) is 0.179. The van der Waals surface area contributed by atoms with E-state index < -0.39 is 12.0 Å². The zero-order chi connectivity index (χ0) is 20.1. The standard InChI is InChI=1S/C22H40F2O2/c1-6-7-12-17-22(23,24)18-15-19(2)26-20(25)14-11-9-8-10-13-16-21(3,4)5/h15,18-19H,6-14,16-17H2,1-5H3/b18-15-. The summed E-state index contributed by atoms with van der Waals surface area (Å²) in [6, 6.07) is 0. The molecule has 0 aromatic heterocycles. The molecule has 0 bridgehead atoms. The minimum absolute atomic E-state index is 0.146. The van der Waals surface area contributed by atoms with E-state index in [9.17, 15) is 13.6 Å². The van der Waals surface area contributed by atoms with Crippen molar-refractivity contribution >= 4 is 5.97 Å². The van der Waals surface area contributed by atoms with Gasteiger partial charge in [-0.05, 0) is 43.8 Å². The van der Waals surface area contributed by atoms with Crippen LogP contribution in [0.15, 0.2) is 12.2 Å². The molecule has 0 aliphatic carbocycles. The van der Waals surface area contributed by atoms with E-state index in [0.717, 1.165) is 38.2 Å². The van der Waals surface area contributed by atoms with Gasteiger partial charge in [0, 0.05) is 12.8 Å². The molecule has 1 unspecified atom stereocenters. The second-order valence-electron chi connectivity index (χ2n) is 8.60. The average molecular weight is 375 g/mol. The number of halogens is 2. The first-order chi connectivity index (χ1) is 12.1. The van der Waals surface area contributed by atoms with Crippen molar-refractivity contribution in [2.45, 2.75) is 117 Å². The molecule has 0 saturated heterocycles. The maximum atomic E-state index is 13.6. The largest absolute Gasteiger partial charge is 0.458 e. The lowest BCUT2D eigenvalue weighted by molar-refractivity contribution is -0.146. The predicted octanol–water partition coefficient (Wildman–Crippen LogP) is 7.47. The smallest absolute Gasteiger partial charge is 0.306 e. The van der Waals surface area contributed by atoms with Crippen molar-refractivity contribution in [3.8, 4) is 0 Å². The Morgan fingerprint density at radius 2 is 1.54 bits per heavy atom. The fourth-order valence-corrected chi connectivity index (χ4v) is 2.73. The molecule has 0 fully saturated rings. The Morgan fingerprint density at radius 3 is 2.15 bits per heavy atom. The van der Waals surface area contributed by atoms with Crippen LogP contribution in [0.2, 0.25) is 0 Å². The van der Waals surface area contributed by atoms with Crippen molar-refractivity contribution in [3.05, 3.63) is 12.2 Å². The van der Waals surface area contributed by atoms with Gasteiger partial charge in [0.1, 0.15) is 6.10 Å². The maximum absolute atomic E-state index is 13.6. The summed E-state index contributed by atoms with van der Waals surface area (Å²) in [5, 5.41) is 0. The van der Waals surface area contributed by atoms with Crippen LogP contribution >= 0.6 is 0 Å². The van der Waals surface area contributed by atoms with Gasteiger partial charge in [0.2, 0.25) is 0 Å². The van der Waals surface area contributed by atoms with Crippen molar-refractivity contribution in [3.63, 3.8) is 0 Å². The molecule has 0 radical (unpaired) electrons. The molecule has 26 heavy (non-hydrogen) atoms. The molecule has 0 rings (SSSR count). The van der Waals surface area contributed by atoms with Gasteiger partial charge in [-0.25, -0.2) is 8.78 Å². The third-order valence-electron chi connectivity index (χ3n) is 4.35. The second kappa shape index (κ2) is 13.3. The Hall–Kier alpha value is -0.930. The molecule has 1 atom stereocenters. The monoisotopic (exact) mass is 374 g/mol. The van der Waals surface area contributed by atoms with Crippen LogP contribution < -0.4 is 0 Å².